The van der Waals surface area contributed by atoms with E-state index in [1.54, 1.807) is 0 Å². The molecular formula is C21H27N5S. The van der Waals surface area contributed by atoms with Gasteiger partial charge in [0.1, 0.15) is 0 Å². The van der Waals surface area contributed by atoms with Gasteiger partial charge in [0.15, 0.2) is 5.96 Å². The van der Waals surface area contributed by atoms with Gasteiger partial charge in [-0.3, -0.25) is 0 Å². The summed E-state index contributed by atoms with van der Waals surface area (Å²) in [6.45, 7) is 5.82. The van der Waals surface area contributed by atoms with Gasteiger partial charge >= 0.3 is 0 Å². The van der Waals surface area contributed by atoms with Gasteiger partial charge in [-0.25, -0.2) is 4.99 Å². The second-order valence-corrected chi connectivity index (χ2v) is 7.86. The van der Waals surface area contributed by atoms with E-state index in [2.05, 4.69) is 75.3 Å². The number of guanidine groups is 1. The van der Waals surface area contributed by atoms with Crippen LogP contribution in [0, 0.1) is 0 Å². The average molecular weight is 382 g/mol. The molecule has 142 valence electrons. The number of hydrogen-bond acceptors (Lipinski definition) is 3. The third-order valence-corrected chi connectivity index (χ3v) is 5.92. The van der Waals surface area contributed by atoms with E-state index in [0.29, 0.717) is 12.6 Å². The molecule has 0 aliphatic carbocycles. The van der Waals surface area contributed by atoms with Gasteiger partial charge in [-0.05, 0) is 54.8 Å². The molecule has 3 aromatic rings. The Labute approximate surface area is 164 Å². The Morgan fingerprint density at radius 3 is 2.81 bits per heavy atom. The monoisotopic (exact) mass is 381 g/mol. The van der Waals surface area contributed by atoms with Crippen molar-refractivity contribution in [2.75, 3.05) is 24.5 Å². The molecule has 0 atom stereocenters. The minimum Gasteiger partial charge on any atom is -0.363 e. The first-order valence-electron chi connectivity index (χ1n) is 9.72. The van der Waals surface area contributed by atoms with Gasteiger partial charge in [0.25, 0.3) is 0 Å². The zero-order valence-electron chi connectivity index (χ0n) is 15.7. The highest BCUT2D eigenvalue weighted by molar-refractivity contribution is 7.14. The number of fused-ring (bicyclic) bond motifs is 1. The quantitative estimate of drug-likeness (QED) is 0.463. The lowest BCUT2D eigenvalue weighted by molar-refractivity contribution is 0.463. The van der Waals surface area contributed by atoms with Crippen LogP contribution >= 0.6 is 11.3 Å². The van der Waals surface area contributed by atoms with Crippen LogP contribution in [0.4, 0.5) is 5.00 Å². The maximum atomic E-state index is 4.79. The Balaban J connectivity index is 1.35. The van der Waals surface area contributed by atoms with Crippen LogP contribution in [0.5, 0.6) is 0 Å². The molecule has 5 nitrogen and oxygen atoms in total. The van der Waals surface area contributed by atoms with E-state index in [9.17, 15) is 0 Å². The third kappa shape index (κ3) is 4.45. The molecule has 4 rings (SSSR count). The summed E-state index contributed by atoms with van der Waals surface area (Å²) in [5.74, 6) is 0.908. The lowest BCUT2D eigenvalue weighted by Gasteiger charge is -2.33. The van der Waals surface area contributed by atoms with Crippen molar-refractivity contribution in [3.63, 3.8) is 0 Å². The molecule has 0 unspecified atom stereocenters. The summed E-state index contributed by atoms with van der Waals surface area (Å²) < 4.78 is 0. The first-order valence-corrected chi connectivity index (χ1v) is 10.6. The molecule has 1 aliphatic rings. The predicted molar refractivity (Wildman–Crippen MR) is 116 cm³/mol. The second kappa shape index (κ2) is 8.48. The minimum atomic E-state index is 0.474. The number of nitrogens with one attached hydrogen (secondary N) is 3. The molecule has 3 heterocycles. The van der Waals surface area contributed by atoms with E-state index in [1.807, 2.05) is 11.3 Å². The van der Waals surface area contributed by atoms with Crippen molar-refractivity contribution in [2.45, 2.75) is 32.4 Å². The van der Waals surface area contributed by atoms with Gasteiger partial charge in [0.2, 0.25) is 0 Å². The van der Waals surface area contributed by atoms with Crippen LogP contribution in [0.15, 0.2) is 52.8 Å². The summed E-state index contributed by atoms with van der Waals surface area (Å²) in [7, 11) is 0. The van der Waals surface area contributed by atoms with Crippen molar-refractivity contribution in [1.29, 1.82) is 0 Å². The number of thiophene rings is 1. The molecule has 0 bridgehead atoms. The maximum absolute atomic E-state index is 4.79. The number of benzene rings is 1. The number of aromatic nitrogens is 1. The molecule has 27 heavy (non-hydrogen) atoms. The van der Waals surface area contributed by atoms with Crippen molar-refractivity contribution in [3.8, 4) is 0 Å². The van der Waals surface area contributed by atoms with Gasteiger partial charge in [0, 0.05) is 36.9 Å². The van der Waals surface area contributed by atoms with Crippen LogP contribution < -0.4 is 15.5 Å². The van der Waals surface area contributed by atoms with Gasteiger partial charge < -0.3 is 20.5 Å². The molecule has 1 aromatic carbocycles. The molecule has 2 aromatic heterocycles. The molecule has 6 heteroatoms. The fourth-order valence-corrected chi connectivity index (χ4v) is 4.38. The number of aromatic amines is 1. The molecule has 1 saturated heterocycles. The van der Waals surface area contributed by atoms with Gasteiger partial charge in [0.05, 0.1) is 11.5 Å². The largest absolute Gasteiger partial charge is 0.363 e. The first kappa shape index (κ1) is 17.9. The van der Waals surface area contributed by atoms with Crippen molar-refractivity contribution >= 4 is 33.2 Å². The Kier molecular flexibility index (Phi) is 5.63. The van der Waals surface area contributed by atoms with Crippen molar-refractivity contribution < 1.29 is 0 Å². The zero-order valence-corrected chi connectivity index (χ0v) is 16.6. The highest BCUT2D eigenvalue weighted by atomic mass is 32.1. The number of piperidine rings is 1. The number of anilines is 1. The minimum absolute atomic E-state index is 0.474. The fourth-order valence-electron chi connectivity index (χ4n) is 3.59. The Hall–Kier alpha value is -2.47. The fraction of sp³-hybridized carbons (Fsp3) is 0.381. The normalized spacial score (nSPS) is 16.0. The summed E-state index contributed by atoms with van der Waals surface area (Å²) in [6.07, 6.45) is 2.27. The Bertz CT molecular complexity index is 842. The van der Waals surface area contributed by atoms with E-state index in [1.165, 1.54) is 15.9 Å². The van der Waals surface area contributed by atoms with Crippen LogP contribution in [0.1, 0.15) is 25.5 Å². The van der Waals surface area contributed by atoms with E-state index in [4.69, 9.17) is 4.99 Å². The van der Waals surface area contributed by atoms with Crippen LogP contribution in [-0.4, -0.2) is 36.6 Å². The molecular weight excluding hydrogens is 354 g/mol. The smallest absolute Gasteiger partial charge is 0.191 e. The number of nitrogens with zero attached hydrogens (tertiary/aromatic N) is 2. The Morgan fingerprint density at radius 2 is 2.07 bits per heavy atom. The van der Waals surface area contributed by atoms with Gasteiger partial charge in [-0.15, -0.1) is 11.3 Å². The first-order chi connectivity index (χ1) is 13.3. The van der Waals surface area contributed by atoms with Crippen LogP contribution in [0.2, 0.25) is 0 Å². The summed E-state index contributed by atoms with van der Waals surface area (Å²) >= 11 is 1.83. The zero-order chi connectivity index (χ0) is 18.5. The highest BCUT2D eigenvalue weighted by Gasteiger charge is 2.20. The van der Waals surface area contributed by atoms with Crippen molar-refractivity contribution in [3.05, 3.63) is 53.5 Å². The number of hydrogen-bond donors (Lipinski definition) is 3. The molecule has 1 aliphatic heterocycles. The van der Waals surface area contributed by atoms with Crippen LogP contribution in [0.3, 0.4) is 0 Å². The lowest BCUT2D eigenvalue weighted by Crippen LogP contribution is -2.48. The number of para-hydroxylation sites is 1. The van der Waals surface area contributed by atoms with E-state index in [-0.39, 0.29) is 0 Å². The van der Waals surface area contributed by atoms with Crippen LogP contribution in [-0.2, 0) is 6.54 Å². The SMILES string of the molecule is CCNC(=NCc1cc2ccccc2[nH]1)NC1CCN(c2cccs2)CC1. The van der Waals surface area contributed by atoms with Crippen molar-refractivity contribution in [2.24, 2.45) is 4.99 Å². The number of H-pyrrole nitrogens is 1. The van der Waals surface area contributed by atoms with Gasteiger partial charge in [-0.1, -0.05) is 18.2 Å². The topological polar surface area (TPSA) is 55.5 Å². The highest BCUT2D eigenvalue weighted by Crippen LogP contribution is 2.24. The van der Waals surface area contributed by atoms with E-state index in [0.717, 1.165) is 44.1 Å². The summed E-state index contributed by atoms with van der Waals surface area (Å²) in [4.78, 5) is 10.7. The molecule has 0 radical (unpaired) electrons. The summed E-state index contributed by atoms with van der Waals surface area (Å²) in [6, 6.07) is 15.4. The lowest BCUT2D eigenvalue weighted by atomic mass is 10.1. The van der Waals surface area contributed by atoms with E-state index < -0.39 is 0 Å². The Morgan fingerprint density at radius 1 is 1.22 bits per heavy atom. The maximum Gasteiger partial charge on any atom is 0.191 e. The van der Waals surface area contributed by atoms with Crippen LogP contribution in [0.25, 0.3) is 10.9 Å². The second-order valence-electron chi connectivity index (χ2n) is 6.93. The van der Waals surface area contributed by atoms with E-state index >= 15 is 0 Å². The standard InChI is InChI=1S/C21H27N5S/c1-2-22-21(23-15-18-14-16-6-3-4-7-19(16)24-18)25-17-9-11-26(12-10-17)20-8-5-13-27-20/h3-8,13-14,17,24H,2,9-12,15H2,1H3,(H2,22,23,25). The number of aliphatic imine (C=N–C) groups is 1. The average Bonchev–Trinajstić information content (AvgIpc) is 3.36. The van der Waals surface area contributed by atoms with Crippen molar-refractivity contribution in [1.82, 2.24) is 15.6 Å². The van der Waals surface area contributed by atoms with Gasteiger partial charge in [-0.2, -0.15) is 0 Å². The summed E-state index contributed by atoms with van der Waals surface area (Å²) in [5, 5.41) is 11.8. The molecule has 0 amide bonds. The molecule has 0 spiro atoms. The molecule has 3 N–H and O–H groups in total. The molecule has 1 fully saturated rings. The third-order valence-electron chi connectivity index (χ3n) is 4.99. The number of rotatable bonds is 5. The predicted octanol–water partition coefficient (Wildman–Crippen LogP) is 3.95. The molecule has 0 saturated carbocycles. The summed E-state index contributed by atoms with van der Waals surface area (Å²) in [5.41, 5.74) is 2.31.